The molecule has 0 aliphatic heterocycles. The number of carbonyl (C=O) groups excluding carboxylic acids is 1. The van der Waals surface area contributed by atoms with Crippen molar-refractivity contribution in [2.75, 3.05) is 5.32 Å². The van der Waals surface area contributed by atoms with Crippen molar-refractivity contribution in [3.8, 4) is 46.0 Å². The van der Waals surface area contributed by atoms with Crippen molar-refractivity contribution in [3.05, 3.63) is 97.3 Å². The number of para-hydroxylation sites is 1. The van der Waals surface area contributed by atoms with Gasteiger partial charge < -0.3 is 14.8 Å². The van der Waals surface area contributed by atoms with Gasteiger partial charge in [-0.05, 0) is 73.0 Å². The molecule has 5 nitrogen and oxygen atoms in total. The molecule has 0 atom stereocenters. The standard InChI is InChI=1S/C27H20N2O3/c1-2-7-27(30)29-21-9-6-8-20(18-21)25-19-28-17-16-26(25)32-24-14-12-23(13-15-24)31-22-10-4-3-5-11-22/h3-6,8-19H,1H3,(H,29,30). The van der Waals surface area contributed by atoms with Gasteiger partial charge in [-0.1, -0.05) is 36.3 Å². The van der Waals surface area contributed by atoms with E-state index in [1.165, 1.54) is 0 Å². The van der Waals surface area contributed by atoms with E-state index in [1.54, 1.807) is 31.5 Å². The molecule has 32 heavy (non-hydrogen) atoms. The highest BCUT2D eigenvalue weighted by Gasteiger charge is 2.10. The van der Waals surface area contributed by atoms with Gasteiger partial charge in [-0.2, -0.15) is 0 Å². The zero-order valence-electron chi connectivity index (χ0n) is 17.4. The number of pyridine rings is 1. The zero-order chi connectivity index (χ0) is 22.2. The van der Waals surface area contributed by atoms with Crippen LogP contribution in [0.1, 0.15) is 6.92 Å². The molecule has 1 heterocycles. The van der Waals surface area contributed by atoms with Gasteiger partial charge in [0.15, 0.2) is 0 Å². The Kier molecular flexibility index (Phi) is 6.45. The Bertz CT molecular complexity index is 1270. The lowest BCUT2D eigenvalue weighted by Gasteiger charge is -2.12. The molecule has 0 saturated heterocycles. The molecule has 0 saturated carbocycles. The van der Waals surface area contributed by atoms with Crippen molar-refractivity contribution >= 4 is 11.6 Å². The lowest BCUT2D eigenvalue weighted by molar-refractivity contribution is -0.111. The first kappa shape index (κ1) is 20.7. The molecule has 4 rings (SSSR count). The number of nitrogens with zero attached hydrogens (tertiary/aromatic N) is 1. The Morgan fingerprint density at radius 2 is 1.56 bits per heavy atom. The van der Waals surface area contributed by atoms with Gasteiger partial charge in [-0.15, -0.1) is 0 Å². The summed E-state index contributed by atoms with van der Waals surface area (Å²) >= 11 is 0. The number of benzene rings is 3. The van der Waals surface area contributed by atoms with E-state index >= 15 is 0 Å². The Balaban J connectivity index is 1.53. The monoisotopic (exact) mass is 420 g/mol. The van der Waals surface area contributed by atoms with Crippen LogP contribution in [0, 0.1) is 11.8 Å². The van der Waals surface area contributed by atoms with Crippen LogP contribution < -0.4 is 14.8 Å². The third kappa shape index (κ3) is 5.32. The number of amides is 1. The van der Waals surface area contributed by atoms with Crippen molar-refractivity contribution in [2.45, 2.75) is 6.92 Å². The summed E-state index contributed by atoms with van der Waals surface area (Å²) in [5.74, 6) is 7.51. The molecule has 5 heteroatoms. The van der Waals surface area contributed by atoms with Gasteiger partial charge in [0.2, 0.25) is 0 Å². The van der Waals surface area contributed by atoms with Gasteiger partial charge in [0, 0.05) is 23.6 Å². The first-order valence-corrected chi connectivity index (χ1v) is 10.0. The summed E-state index contributed by atoms with van der Waals surface area (Å²) < 4.78 is 12.0. The Morgan fingerprint density at radius 3 is 2.31 bits per heavy atom. The van der Waals surface area contributed by atoms with Crippen molar-refractivity contribution in [3.63, 3.8) is 0 Å². The maximum atomic E-state index is 11.8. The number of carbonyl (C=O) groups is 1. The van der Waals surface area contributed by atoms with Gasteiger partial charge in [0.25, 0.3) is 5.91 Å². The van der Waals surface area contributed by atoms with E-state index in [4.69, 9.17) is 9.47 Å². The van der Waals surface area contributed by atoms with Crippen LogP contribution in [0.4, 0.5) is 5.69 Å². The molecule has 0 aliphatic carbocycles. The molecule has 1 amide bonds. The van der Waals surface area contributed by atoms with Crippen molar-refractivity contribution in [1.29, 1.82) is 0 Å². The lowest BCUT2D eigenvalue weighted by Crippen LogP contribution is -2.08. The van der Waals surface area contributed by atoms with Crippen molar-refractivity contribution < 1.29 is 14.3 Å². The predicted molar refractivity (Wildman–Crippen MR) is 125 cm³/mol. The first-order valence-electron chi connectivity index (χ1n) is 10.0. The van der Waals surface area contributed by atoms with E-state index in [1.807, 2.05) is 72.8 Å². The van der Waals surface area contributed by atoms with E-state index in [9.17, 15) is 4.79 Å². The largest absolute Gasteiger partial charge is 0.457 e. The van der Waals surface area contributed by atoms with Gasteiger partial charge in [-0.25, -0.2) is 0 Å². The van der Waals surface area contributed by atoms with Gasteiger partial charge in [0.1, 0.15) is 23.0 Å². The second kappa shape index (κ2) is 9.96. The van der Waals surface area contributed by atoms with Crippen LogP contribution in [0.5, 0.6) is 23.0 Å². The Hall–Kier alpha value is -4.56. The summed E-state index contributed by atoms with van der Waals surface area (Å²) in [4.78, 5) is 16.0. The highest BCUT2D eigenvalue weighted by Crippen LogP contribution is 2.34. The fourth-order valence-corrected chi connectivity index (χ4v) is 3.06. The van der Waals surface area contributed by atoms with Gasteiger partial charge in [-0.3, -0.25) is 9.78 Å². The number of anilines is 1. The molecule has 0 spiro atoms. The second-order valence-electron chi connectivity index (χ2n) is 6.77. The van der Waals surface area contributed by atoms with E-state index in [0.717, 1.165) is 22.6 Å². The third-order valence-electron chi connectivity index (χ3n) is 4.48. The maximum Gasteiger partial charge on any atom is 0.300 e. The molecular weight excluding hydrogens is 400 g/mol. The summed E-state index contributed by atoms with van der Waals surface area (Å²) in [6.07, 6.45) is 3.41. The van der Waals surface area contributed by atoms with E-state index in [0.29, 0.717) is 17.2 Å². The minimum Gasteiger partial charge on any atom is -0.457 e. The number of ether oxygens (including phenoxy) is 2. The first-order chi connectivity index (χ1) is 15.7. The molecule has 0 radical (unpaired) electrons. The quantitative estimate of drug-likeness (QED) is 0.372. The lowest BCUT2D eigenvalue weighted by atomic mass is 10.1. The molecule has 0 fully saturated rings. The minimum absolute atomic E-state index is 0.356. The summed E-state index contributed by atoms with van der Waals surface area (Å²) in [6, 6.07) is 26.3. The second-order valence-corrected chi connectivity index (χ2v) is 6.77. The number of nitrogens with one attached hydrogen (secondary N) is 1. The number of aromatic nitrogens is 1. The molecular formula is C27H20N2O3. The summed E-state index contributed by atoms with van der Waals surface area (Å²) in [5.41, 5.74) is 2.31. The van der Waals surface area contributed by atoms with Crippen LogP contribution in [0.3, 0.4) is 0 Å². The number of hydrogen-bond acceptors (Lipinski definition) is 4. The Labute approximate surface area is 186 Å². The summed E-state index contributed by atoms with van der Waals surface area (Å²) in [5, 5.41) is 2.76. The van der Waals surface area contributed by atoms with Crippen LogP contribution in [0.2, 0.25) is 0 Å². The smallest absolute Gasteiger partial charge is 0.300 e. The fourth-order valence-electron chi connectivity index (χ4n) is 3.06. The Morgan fingerprint density at radius 1 is 0.844 bits per heavy atom. The zero-order valence-corrected chi connectivity index (χ0v) is 17.4. The molecule has 156 valence electrons. The van der Waals surface area contributed by atoms with Crippen LogP contribution in [0.25, 0.3) is 11.1 Å². The molecule has 0 unspecified atom stereocenters. The fraction of sp³-hybridized carbons (Fsp3) is 0.0370. The normalized spacial score (nSPS) is 9.91. The third-order valence-corrected chi connectivity index (χ3v) is 4.48. The van der Waals surface area contributed by atoms with Crippen molar-refractivity contribution in [2.24, 2.45) is 0 Å². The molecule has 1 N–H and O–H groups in total. The van der Waals surface area contributed by atoms with E-state index in [-0.39, 0.29) is 5.91 Å². The summed E-state index contributed by atoms with van der Waals surface area (Å²) in [6.45, 7) is 1.62. The number of rotatable bonds is 6. The predicted octanol–water partition coefficient (Wildman–Crippen LogP) is 6.30. The van der Waals surface area contributed by atoms with E-state index < -0.39 is 0 Å². The SMILES string of the molecule is CC#CC(=O)Nc1cccc(-c2cnccc2Oc2ccc(Oc3ccccc3)cc2)c1. The average Bonchev–Trinajstić information content (AvgIpc) is 2.82. The molecule has 0 bridgehead atoms. The van der Waals surface area contributed by atoms with Gasteiger partial charge >= 0.3 is 0 Å². The van der Waals surface area contributed by atoms with Crippen LogP contribution in [0.15, 0.2) is 97.3 Å². The molecule has 4 aromatic rings. The summed E-state index contributed by atoms with van der Waals surface area (Å²) in [7, 11) is 0. The molecule has 1 aromatic heterocycles. The van der Waals surface area contributed by atoms with Gasteiger partial charge in [0.05, 0.1) is 0 Å². The minimum atomic E-state index is -0.356. The van der Waals surface area contributed by atoms with Crippen LogP contribution >= 0.6 is 0 Å². The van der Waals surface area contributed by atoms with E-state index in [2.05, 4.69) is 22.1 Å². The number of hydrogen-bond donors (Lipinski definition) is 1. The topological polar surface area (TPSA) is 60.5 Å². The average molecular weight is 420 g/mol. The van der Waals surface area contributed by atoms with Crippen LogP contribution in [-0.4, -0.2) is 10.9 Å². The molecule has 0 aliphatic rings. The highest BCUT2D eigenvalue weighted by molar-refractivity contribution is 6.04. The highest BCUT2D eigenvalue weighted by atomic mass is 16.5. The maximum absolute atomic E-state index is 11.8. The molecule has 3 aromatic carbocycles. The van der Waals surface area contributed by atoms with Crippen LogP contribution in [-0.2, 0) is 4.79 Å². The van der Waals surface area contributed by atoms with Crippen molar-refractivity contribution in [1.82, 2.24) is 4.98 Å².